The van der Waals surface area contributed by atoms with Crippen molar-refractivity contribution in [3.63, 3.8) is 0 Å². The summed E-state index contributed by atoms with van der Waals surface area (Å²) in [6.07, 6.45) is 8.62. The topological polar surface area (TPSA) is 55.5 Å². The van der Waals surface area contributed by atoms with Gasteiger partial charge in [0.25, 0.3) is 0 Å². The number of para-hydroxylation sites is 2. The highest BCUT2D eigenvalue weighted by Crippen LogP contribution is 2.50. The van der Waals surface area contributed by atoms with Crippen LogP contribution in [0.15, 0.2) is 44.8 Å². The van der Waals surface area contributed by atoms with Crippen LogP contribution in [-0.2, 0) is 11.2 Å². The van der Waals surface area contributed by atoms with E-state index in [4.69, 9.17) is 9.41 Å². The van der Waals surface area contributed by atoms with Gasteiger partial charge in [0, 0.05) is 24.1 Å². The van der Waals surface area contributed by atoms with Crippen LogP contribution in [0.4, 0.5) is 0 Å². The van der Waals surface area contributed by atoms with Crippen LogP contribution in [-0.4, -0.2) is 22.0 Å². The van der Waals surface area contributed by atoms with E-state index in [1.165, 1.54) is 18.4 Å². The second-order valence-corrected chi connectivity index (χ2v) is 8.41. The molecule has 3 aliphatic rings. The number of hydrogen-bond acceptors (Lipinski definition) is 4. The van der Waals surface area contributed by atoms with Gasteiger partial charge in [0.2, 0.25) is 5.89 Å². The summed E-state index contributed by atoms with van der Waals surface area (Å²) in [5.41, 5.74) is 5.06. The van der Waals surface area contributed by atoms with Crippen LogP contribution in [0, 0.1) is 5.92 Å². The minimum Gasteiger partial charge on any atom is -0.440 e. The molecule has 4 nitrogen and oxygen atoms in total. The number of Topliss-reactive ketones (excluding diaryl/α,β-unsaturated/α-hetero) is 1. The Bertz CT molecular complexity index is 935. The number of aromatic nitrogens is 1. The first-order valence-corrected chi connectivity index (χ1v) is 10.3. The molecule has 1 aromatic heterocycles. The highest BCUT2D eigenvalue weighted by Gasteiger charge is 2.47. The number of allylic oxidation sites excluding steroid dienone is 1. The minimum atomic E-state index is -0.257. The van der Waals surface area contributed by atoms with Gasteiger partial charge >= 0.3 is 0 Å². The molecule has 2 heterocycles. The third kappa shape index (κ3) is 2.86. The number of nitrogens with zero attached hydrogens (tertiary/aromatic N) is 2. The number of dihydropyridines is 1. The molecular weight excluding hydrogens is 336 g/mol. The van der Waals surface area contributed by atoms with Crippen molar-refractivity contribution in [1.82, 2.24) is 4.98 Å². The summed E-state index contributed by atoms with van der Waals surface area (Å²) >= 11 is 0. The van der Waals surface area contributed by atoms with Gasteiger partial charge in [-0.2, -0.15) is 0 Å². The van der Waals surface area contributed by atoms with Gasteiger partial charge in [0.1, 0.15) is 5.52 Å². The van der Waals surface area contributed by atoms with E-state index in [1.54, 1.807) is 0 Å². The largest absolute Gasteiger partial charge is 0.440 e. The molecule has 0 amide bonds. The molecule has 2 aromatic rings. The normalized spacial score (nSPS) is 28.1. The lowest BCUT2D eigenvalue weighted by Crippen LogP contribution is -2.38. The molecule has 0 N–H and O–H groups in total. The van der Waals surface area contributed by atoms with Crippen molar-refractivity contribution < 1.29 is 9.21 Å². The predicted molar refractivity (Wildman–Crippen MR) is 106 cm³/mol. The zero-order valence-corrected chi connectivity index (χ0v) is 16.0. The summed E-state index contributed by atoms with van der Waals surface area (Å²) < 4.78 is 5.95. The summed E-state index contributed by atoms with van der Waals surface area (Å²) in [6, 6.07) is 7.89. The summed E-state index contributed by atoms with van der Waals surface area (Å²) in [7, 11) is 0. The fraction of sp³-hybridized carbons (Fsp3) is 0.522. The molecule has 4 heteroatoms. The molecule has 1 spiro atoms. The van der Waals surface area contributed by atoms with Crippen LogP contribution < -0.4 is 0 Å². The Morgan fingerprint density at radius 2 is 2.15 bits per heavy atom. The molecule has 5 rings (SSSR count). The first-order valence-electron chi connectivity index (χ1n) is 10.3. The SMILES string of the molecule is CCC1CCC2(C1)N=C(Cc1nc3ccccc3o1)CC1=C2C(=O)CCC1. The van der Waals surface area contributed by atoms with Crippen molar-refractivity contribution in [3.05, 3.63) is 41.3 Å². The lowest BCUT2D eigenvalue weighted by molar-refractivity contribution is -0.116. The maximum Gasteiger partial charge on any atom is 0.201 e. The van der Waals surface area contributed by atoms with E-state index in [9.17, 15) is 4.79 Å². The predicted octanol–water partition coefficient (Wildman–Crippen LogP) is 5.21. The van der Waals surface area contributed by atoms with Gasteiger partial charge in [0.05, 0.1) is 12.0 Å². The molecule has 140 valence electrons. The van der Waals surface area contributed by atoms with Crippen LogP contribution >= 0.6 is 0 Å². The van der Waals surface area contributed by atoms with Gasteiger partial charge in [-0.05, 0) is 50.2 Å². The number of rotatable bonds is 3. The monoisotopic (exact) mass is 362 g/mol. The number of ketones is 1. The summed E-state index contributed by atoms with van der Waals surface area (Å²) in [5.74, 6) is 1.78. The highest BCUT2D eigenvalue weighted by atomic mass is 16.3. The second-order valence-electron chi connectivity index (χ2n) is 8.41. The number of carbonyl (C=O) groups excluding carboxylic acids is 1. The van der Waals surface area contributed by atoms with E-state index < -0.39 is 0 Å². The first kappa shape index (κ1) is 16.9. The standard InChI is InChI=1S/C23H26N2O2/c1-2-15-10-11-23(14-15)22-16(6-5-8-19(22)26)12-17(25-23)13-21-24-18-7-3-4-9-20(18)27-21/h3-4,7,9,15H,2,5-6,8,10-14H2,1H3. The van der Waals surface area contributed by atoms with E-state index >= 15 is 0 Å². The van der Waals surface area contributed by atoms with Crippen molar-refractivity contribution in [1.29, 1.82) is 0 Å². The van der Waals surface area contributed by atoms with Crippen LogP contribution in [0.25, 0.3) is 11.1 Å². The molecule has 1 aromatic carbocycles. The quantitative estimate of drug-likeness (QED) is 0.753. The average Bonchev–Trinajstić information content (AvgIpc) is 3.25. The Morgan fingerprint density at radius 1 is 1.26 bits per heavy atom. The van der Waals surface area contributed by atoms with Crippen LogP contribution in [0.2, 0.25) is 0 Å². The number of hydrogen-bond donors (Lipinski definition) is 0. The molecule has 0 saturated heterocycles. The van der Waals surface area contributed by atoms with Crippen molar-refractivity contribution in [2.75, 3.05) is 0 Å². The van der Waals surface area contributed by atoms with E-state index in [2.05, 4.69) is 11.9 Å². The van der Waals surface area contributed by atoms with Crippen molar-refractivity contribution >= 4 is 22.6 Å². The Hall–Kier alpha value is -2.23. The third-order valence-corrected chi connectivity index (χ3v) is 6.63. The molecule has 2 unspecified atom stereocenters. The van der Waals surface area contributed by atoms with Gasteiger partial charge in [-0.15, -0.1) is 0 Å². The van der Waals surface area contributed by atoms with E-state index in [1.807, 2.05) is 24.3 Å². The number of benzene rings is 1. The highest BCUT2D eigenvalue weighted by molar-refractivity contribution is 6.03. The summed E-state index contributed by atoms with van der Waals surface area (Å²) in [6.45, 7) is 2.26. The Kier molecular flexibility index (Phi) is 4.03. The first-order chi connectivity index (χ1) is 13.2. The van der Waals surface area contributed by atoms with Crippen LogP contribution in [0.1, 0.15) is 64.2 Å². The zero-order valence-electron chi connectivity index (χ0n) is 16.0. The molecule has 0 radical (unpaired) electrons. The number of fused-ring (bicyclic) bond motifs is 2. The molecule has 1 fully saturated rings. The molecule has 2 atom stereocenters. The molecule has 2 aliphatic carbocycles. The summed E-state index contributed by atoms with van der Waals surface area (Å²) in [4.78, 5) is 22.7. The van der Waals surface area contributed by atoms with Gasteiger partial charge in [-0.25, -0.2) is 4.98 Å². The molecular formula is C23H26N2O2. The Labute approximate surface area is 159 Å². The van der Waals surface area contributed by atoms with Crippen molar-refractivity contribution in [2.45, 2.75) is 70.3 Å². The Balaban J connectivity index is 1.50. The Morgan fingerprint density at radius 3 is 2.96 bits per heavy atom. The maximum absolute atomic E-state index is 12.8. The van der Waals surface area contributed by atoms with E-state index in [0.717, 1.165) is 60.4 Å². The van der Waals surface area contributed by atoms with Gasteiger partial charge in [-0.1, -0.05) is 31.1 Å². The van der Waals surface area contributed by atoms with E-state index in [-0.39, 0.29) is 5.54 Å². The fourth-order valence-corrected chi connectivity index (χ4v) is 5.39. The second kappa shape index (κ2) is 6.43. The fourth-order valence-electron chi connectivity index (χ4n) is 5.39. The minimum absolute atomic E-state index is 0.257. The zero-order chi connectivity index (χ0) is 18.4. The van der Waals surface area contributed by atoms with Gasteiger partial charge < -0.3 is 4.42 Å². The third-order valence-electron chi connectivity index (χ3n) is 6.63. The van der Waals surface area contributed by atoms with Crippen LogP contribution in [0.5, 0.6) is 0 Å². The van der Waals surface area contributed by atoms with Crippen molar-refractivity contribution in [3.8, 4) is 0 Å². The van der Waals surface area contributed by atoms with Crippen LogP contribution in [0.3, 0.4) is 0 Å². The van der Waals surface area contributed by atoms with Crippen molar-refractivity contribution in [2.24, 2.45) is 10.9 Å². The summed E-state index contributed by atoms with van der Waals surface area (Å²) in [5, 5.41) is 0. The van der Waals surface area contributed by atoms with Gasteiger partial charge in [-0.3, -0.25) is 9.79 Å². The number of aliphatic imine (C=N–C) groups is 1. The lowest BCUT2D eigenvalue weighted by Gasteiger charge is -2.37. The van der Waals surface area contributed by atoms with Gasteiger partial charge in [0.15, 0.2) is 11.4 Å². The lowest BCUT2D eigenvalue weighted by atomic mass is 9.73. The molecule has 0 bridgehead atoms. The molecule has 27 heavy (non-hydrogen) atoms. The van der Waals surface area contributed by atoms with E-state index in [0.29, 0.717) is 24.5 Å². The average molecular weight is 362 g/mol. The maximum atomic E-state index is 12.8. The molecule has 1 saturated carbocycles. The number of carbonyl (C=O) groups is 1. The molecule has 1 aliphatic heterocycles. The smallest absolute Gasteiger partial charge is 0.201 e. The number of oxazole rings is 1.